The molecule has 26 heavy (non-hydrogen) atoms. The van der Waals surface area contributed by atoms with E-state index in [-0.39, 0.29) is 22.0 Å². The van der Waals surface area contributed by atoms with Crippen LogP contribution in [0.1, 0.15) is 41.4 Å². The minimum Gasteiger partial charge on any atom is -0.465 e. The maximum absolute atomic E-state index is 12.4. The molecule has 0 unspecified atom stereocenters. The number of carbonyl (C=O) groups excluding carboxylic acids is 4. The summed E-state index contributed by atoms with van der Waals surface area (Å²) >= 11 is 0. The summed E-state index contributed by atoms with van der Waals surface area (Å²) in [6.45, 7) is 0. The normalized spacial score (nSPS) is 10.3. The van der Waals surface area contributed by atoms with Gasteiger partial charge in [0.25, 0.3) is 0 Å². The lowest BCUT2D eigenvalue weighted by Crippen LogP contribution is -2.23. The number of aromatic nitrogens is 1. The summed E-state index contributed by atoms with van der Waals surface area (Å²) in [7, 11) is 6.03. The van der Waals surface area contributed by atoms with Crippen molar-refractivity contribution in [1.29, 1.82) is 0 Å². The third-order valence-electron chi connectivity index (χ3n) is 3.89. The van der Waals surface area contributed by atoms with Crippen LogP contribution in [0.3, 0.4) is 0 Å². The Balaban J connectivity index is 3.21. The first-order valence-electron chi connectivity index (χ1n) is 7.32. The second kappa shape index (κ2) is 7.26. The molecule has 0 saturated carbocycles. The largest absolute Gasteiger partial charge is 0.465 e. The average Bonchev–Trinajstić information content (AvgIpc) is 3.04. The Bertz CT molecular complexity index is 925. The zero-order valence-corrected chi connectivity index (χ0v) is 14.9. The van der Waals surface area contributed by atoms with E-state index in [0.29, 0.717) is 0 Å². The molecule has 9 nitrogen and oxygen atoms in total. The molecular formula is C17H17NO8. The van der Waals surface area contributed by atoms with E-state index in [0.717, 1.165) is 28.4 Å². The van der Waals surface area contributed by atoms with Crippen LogP contribution in [0.15, 0.2) is 12.3 Å². The zero-order chi connectivity index (χ0) is 19.6. The van der Waals surface area contributed by atoms with Gasteiger partial charge in [0.15, 0.2) is 0 Å². The minimum atomic E-state index is -1.00. The maximum Gasteiger partial charge on any atom is 0.340 e. The minimum absolute atomic E-state index is 0.206. The molecule has 9 heteroatoms. The van der Waals surface area contributed by atoms with Crippen LogP contribution in [-0.4, -0.2) is 56.9 Å². The van der Waals surface area contributed by atoms with E-state index in [1.165, 1.54) is 10.6 Å². The zero-order valence-electron chi connectivity index (χ0n) is 14.9. The number of carbonyl (C=O) groups is 4. The van der Waals surface area contributed by atoms with E-state index in [1.807, 2.05) is 0 Å². The van der Waals surface area contributed by atoms with Gasteiger partial charge in [0.1, 0.15) is 0 Å². The molecule has 0 saturated heterocycles. The Labute approximate surface area is 148 Å². The SMILES string of the molecule is COC(=O)c1c(C(=O)OC)c(C(=O)OC)c2c(ccn2C)c1C(=O)OC. The summed E-state index contributed by atoms with van der Waals surface area (Å²) in [5, 5.41) is 0.229. The van der Waals surface area contributed by atoms with Crippen LogP contribution in [0.2, 0.25) is 0 Å². The van der Waals surface area contributed by atoms with E-state index in [9.17, 15) is 19.2 Å². The number of ether oxygens (including phenoxy) is 4. The van der Waals surface area contributed by atoms with E-state index in [1.54, 1.807) is 13.2 Å². The van der Waals surface area contributed by atoms with Crippen molar-refractivity contribution in [1.82, 2.24) is 4.57 Å². The van der Waals surface area contributed by atoms with Crippen LogP contribution in [0.25, 0.3) is 10.9 Å². The van der Waals surface area contributed by atoms with Crippen LogP contribution in [0.5, 0.6) is 0 Å². The fourth-order valence-corrected chi connectivity index (χ4v) is 2.77. The summed E-state index contributed by atoms with van der Waals surface area (Å²) in [5.74, 6) is -3.75. The number of hydrogen-bond donors (Lipinski definition) is 0. The van der Waals surface area contributed by atoms with Gasteiger partial charge in [0.2, 0.25) is 0 Å². The van der Waals surface area contributed by atoms with E-state index >= 15 is 0 Å². The Hall–Kier alpha value is -3.36. The number of benzene rings is 1. The predicted octanol–water partition coefficient (Wildman–Crippen LogP) is 1.32. The van der Waals surface area contributed by atoms with Crippen molar-refractivity contribution < 1.29 is 38.1 Å². The number of nitrogens with zero attached hydrogens (tertiary/aromatic N) is 1. The molecule has 1 aromatic carbocycles. The first-order chi connectivity index (χ1) is 12.3. The van der Waals surface area contributed by atoms with Crippen molar-refractivity contribution in [3.05, 3.63) is 34.5 Å². The molecule has 138 valence electrons. The van der Waals surface area contributed by atoms with Gasteiger partial charge in [0, 0.05) is 18.6 Å². The summed E-state index contributed by atoms with van der Waals surface area (Å²) in [6.07, 6.45) is 1.56. The molecule has 2 aromatic rings. The number of aryl methyl sites for hydroxylation is 1. The van der Waals surface area contributed by atoms with Gasteiger partial charge in [-0.15, -0.1) is 0 Å². The number of methoxy groups -OCH3 is 4. The van der Waals surface area contributed by atoms with Crippen LogP contribution in [-0.2, 0) is 26.0 Å². The first-order valence-corrected chi connectivity index (χ1v) is 7.32. The molecule has 0 aliphatic heterocycles. The highest BCUT2D eigenvalue weighted by molar-refractivity contribution is 6.23. The van der Waals surface area contributed by atoms with Crippen molar-refractivity contribution in [3.8, 4) is 0 Å². The van der Waals surface area contributed by atoms with E-state index in [2.05, 4.69) is 0 Å². The molecule has 2 rings (SSSR count). The number of hydrogen-bond acceptors (Lipinski definition) is 8. The van der Waals surface area contributed by atoms with Crippen LogP contribution in [0, 0.1) is 0 Å². The second-order valence-corrected chi connectivity index (χ2v) is 5.16. The van der Waals surface area contributed by atoms with Gasteiger partial charge in [-0.2, -0.15) is 0 Å². The van der Waals surface area contributed by atoms with Crippen molar-refractivity contribution >= 4 is 34.8 Å². The van der Waals surface area contributed by atoms with Gasteiger partial charge < -0.3 is 23.5 Å². The Morgan fingerprint density at radius 1 is 0.692 bits per heavy atom. The van der Waals surface area contributed by atoms with E-state index in [4.69, 9.17) is 18.9 Å². The van der Waals surface area contributed by atoms with Crippen molar-refractivity contribution in [2.75, 3.05) is 28.4 Å². The molecule has 0 aliphatic carbocycles. The van der Waals surface area contributed by atoms with Gasteiger partial charge in [-0.3, -0.25) is 0 Å². The van der Waals surface area contributed by atoms with Crippen molar-refractivity contribution in [2.24, 2.45) is 7.05 Å². The Kier molecular flexibility index (Phi) is 5.30. The first kappa shape index (κ1) is 19.0. The number of rotatable bonds is 4. The van der Waals surface area contributed by atoms with Gasteiger partial charge in [0.05, 0.1) is 56.2 Å². The molecule has 0 fully saturated rings. The maximum atomic E-state index is 12.4. The fraction of sp³-hybridized carbons (Fsp3) is 0.294. The van der Waals surface area contributed by atoms with Gasteiger partial charge in [-0.25, -0.2) is 19.2 Å². The highest BCUT2D eigenvalue weighted by atomic mass is 16.5. The molecular weight excluding hydrogens is 346 g/mol. The summed E-state index contributed by atoms with van der Waals surface area (Å²) < 4.78 is 20.5. The lowest BCUT2D eigenvalue weighted by atomic mass is 9.91. The summed E-state index contributed by atoms with van der Waals surface area (Å²) in [4.78, 5) is 49.7. The quantitative estimate of drug-likeness (QED) is 0.591. The molecule has 0 N–H and O–H groups in total. The highest BCUT2D eigenvalue weighted by Crippen LogP contribution is 2.33. The molecule has 0 atom stereocenters. The molecule has 0 amide bonds. The predicted molar refractivity (Wildman–Crippen MR) is 88.3 cm³/mol. The summed E-state index contributed by atoms with van der Waals surface area (Å²) in [6, 6.07) is 1.52. The second-order valence-electron chi connectivity index (χ2n) is 5.16. The topological polar surface area (TPSA) is 110 Å². The third-order valence-corrected chi connectivity index (χ3v) is 3.89. The van der Waals surface area contributed by atoms with Crippen LogP contribution >= 0.6 is 0 Å². The van der Waals surface area contributed by atoms with Crippen LogP contribution < -0.4 is 0 Å². The monoisotopic (exact) mass is 363 g/mol. The van der Waals surface area contributed by atoms with Gasteiger partial charge in [-0.1, -0.05) is 0 Å². The molecule has 0 bridgehead atoms. The third kappa shape index (κ3) is 2.77. The number of fused-ring (bicyclic) bond motifs is 1. The molecule has 1 aromatic heterocycles. The lowest BCUT2D eigenvalue weighted by Gasteiger charge is -2.17. The standard InChI is InChI=1S/C17H17NO8/c1-18-7-6-8-9(14(19)23-2)10(15(20)24-3)11(16(21)25-4)12(13(8)18)17(22)26-5/h6-7H,1-5H3. The van der Waals surface area contributed by atoms with Gasteiger partial charge in [-0.05, 0) is 6.07 Å². The van der Waals surface area contributed by atoms with Crippen molar-refractivity contribution in [2.45, 2.75) is 0 Å². The molecule has 0 spiro atoms. The van der Waals surface area contributed by atoms with Gasteiger partial charge >= 0.3 is 23.9 Å². The smallest absolute Gasteiger partial charge is 0.340 e. The Morgan fingerprint density at radius 3 is 1.54 bits per heavy atom. The Morgan fingerprint density at radius 2 is 1.08 bits per heavy atom. The molecule has 1 heterocycles. The highest BCUT2D eigenvalue weighted by Gasteiger charge is 2.36. The summed E-state index contributed by atoms with van der Waals surface area (Å²) in [5.41, 5.74) is -1.06. The van der Waals surface area contributed by atoms with Crippen molar-refractivity contribution in [3.63, 3.8) is 0 Å². The molecule has 0 aliphatic rings. The number of esters is 4. The lowest BCUT2D eigenvalue weighted by molar-refractivity contribution is 0.0523. The van der Waals surface area contributed by atoms with E-state index < -0.39 is 35.0 Å². The fourth-order valence-electron chi connectivity index (χ4n) is 2.77. The van der Waals surface area contributed by atoms with Crippen LogP contribution in [0.4, 0.5) is 0 Å². The average molecular weight is 363 g/mol. The molecule has 0 radical (unpaired) electrons.